The molecular formula is C21H18F2IN3O2S. The normalized spacial score (nSPS) is 10.6. The van der Waals surface area contributed by atoms with Gasteiger partial charge in [0.05, 0.1) is 17.1 Å². The summed E-state index contributed by atoms with van der Waals surface area (Å²) in [7, 11) is 0. The van der Waals surface area contributed by atoms with Crippen molar-refractivity contribution in [1.29, 1.82) is 0 Å². The van der Waals surface area contributed by atoms with Crippen molar-refractivity contribution in [3.63, 3.8) is 0 Å². The zero-order valence-electron chi connectivity index (χ0n) is 16.1. The Bertz CT molecular complexity index is 1080. The van der Waals surface area contributed by atoms with E-state index in [1.807, 2.05) is 42.5 Å². The van der Waals surface area contributed by atoms with Crippen molar-refractivity contribution in [3.05, 3.63) is 74.2 Å². The van der Waals surface area contributed by atoms with Gasteiger partial charge in [0.25, 0.3) is 0 Å². The minimum Gasteiger partial charge on any atom is -0.454 e. The Kier molecular flexibility index (Phi) is 7.48. The Hall–Kier alpha value is -2.40. The second-order valence-corrected chi connectivity index (χ2v) is 8.52. The quantitative estimate of drug-likeness (QED) is 0.173. The third-order valence-corrected chi connectivity index (χ3v) is 5.49. The summed E-state index contributed by atoms with van der Waals surface area (Å²) in [5.41, 5.74) is 1.58. The molecule has 9 heteroatoms. The zero-order valence-corrected chi connectivity index (χ0v) is 19.1. The fourth-order valence-corrected chi connectivity index (χ4v) is 3.66. The largest absolute Gasteiger partial charge is 0.454 e. The second-order valence-electron chi connectivity index (χ2n) is 6.21. The van der Waals surface area contributed by atoms with Crippen LogP contribution in [0, 0.1) is 27.0 Å². The van der Waals surface area contributed by atoms with Gasteiger partial charge in [-0.25, -0.2) is 8.78 Å². The lowest BCUT2D eigenvalue weighted by Crippen LogP contribution is -1.98. The van der Waals surface area contributed by atoms with Crippen LogP contribution in [-0.4, -0.2) is 5.75 Å². The van der Waals surface area contributed by atoms with Gasteiger partial charge in [0, 0.05) is 21.0 Å². The van der Waals surface area contributed by atoms with Crippen LogP contribution in [0.4, 0.5) is 31.5 Å². The maximum atomic E-state index is 14.3. The summed E-state index contributed by atoms with van der Waals surface area (Å²) in [6.45, 7) is 3.87. The highest BCUT2D eigenvalue weighted by Gasteiger charge is 2.17. The first-order valence-electron chi connectivity index (χ1n) is 8.97. The molecule has 0 aliphatic heterocycles. The number of nitroso groups, excluding NO2 is 1. The molecular weight excluding hydrogens is 523 g/mol. The molecule has 0 saturated heterocycles. The highest BCUT2D eigenvalue weighted by atomic mass is 127. The van der Waals surface area contributed by atoms with Crippen molar-refractivity contribution in [3.8, 4) is 11.5 Å². The van der Waals surface area contributed by atoms with Gasteiger partial charge >= 0.3 is 0 Å². The number of hydrogen-bond donors (Lipinski definition) is 2. The van der Waals surface area contributed by atoms with Crippen molar-refractivity contribution in [2.45, 2.75) is 13.8 Å². The molecule has 3 aromatic carbocycles. The molecule has 0 amide bonds. The molecule has 0 aliphatic rings. The number of anilines is 3. The molecule has 0 fully saturated rings. The van der Waals surface area contributed by atoms with E-state index < -0.39 is 11.6 Å². The molecule has 156 valence electrons. The van der Waals surface area contributed by atoms with E-state index in [4.69, 9.17) is 4.74 Å². The number of nitrogens with zero attached hydrogens (tertiary/aromatic N) is 1. The first kappa shape index (κ1) is 22.3. The zero-order chi connectivity index (χ0) is 21.7. The van der Waals surface area contributed by atoms with Crippen LogP contribution in [0.15, 0.2) is 53.7 Å². The molecule has 0 aliphatic carbocycles. The van der Waals surface area contributed by atoms with Crippen molar-refractivity contribution >= 4 is 57.3 Å². The van der Waals surface area contributed by atoms with Crippen molar-refractivity contribution in [2.24, 2.45) is 5.18 Å². The molecule has 0 spiro atoms. The monoisotopic (exact) mass is 541 g/mol. The molecule has 3 aromatic rings. The summed E-state index contributed by atoms with van der Waals surface area (Å²) >= 11 is 3.51. The van der Waals surface area contributed by atoms with E-state index in [1.165, 1.54) is 24.1 Å². The maximum Gasteiger partial charge on any atom is 0.174 e. The molecule has 2 N–H and O–H groups in total. The molecule has 0 unspecified atom stereocenters. The van der Waals surface area contributed by atoms with Gasteiger partial charge < -0.3 is 14.8 Å². The third kappa shape index (κ3) is 5.20. The molecule has 30 heavy (non-hydrogen) atoms. The average molecular weight is 541 g/mol. The fraction of sp³-hybridized carbons (Fsp3) is 0.143. The van der Waals surface area contributed by atoms with Crippen LogP contribution in [0.2, 0.25) is 0 Å². The van der Waals surface area contributed by atoms with Gasteiger partial charge in [-0.05, 0) is 71.1 Å². The van der Waals surface area contributed by atoms with E-state index in [2.05, 4.69) is 15.2 Å². The van der Waals surface area contributed by atoms with Crippen LogP contribution in [0.3, 0.4) is 0 Å². The highest BCUT2D eigenvalue weighted by Crippen LogP contribution is 2.42. The van der Waals surface area contributed by atoms with E-state index in [9.17, 15) is 13.7 Å². The number of benzene rings is 3. The lowest BCUT2D eigenvalue weighted by atomic mass is 10.2. The summed E-state index contributed by atoms with van der Waals surface area (Å²) in [4.78, 5) is 11.6. The topological polar surface area (TPSA) is 62.7 Å². The van der Waals surface area contributed by atoms with E-state index in [1.54, 1.807) is 18.2 Å². The van der Waals surface area contributed by atoms with Gasteiger partial charge in [-0.1, -0.05) is 24.9 Å². The molecule has 0 aromatic heterocycles. The van der Waals surface area contributed by atoms with Crippen LogP contribution in [0.5, 0.6) is 11.5 Å². The van der Waals surface area contributed by atoms with Crippen molar-refractivity contribution < 1.29 is 13.5 Å². The maximum absolute atomic E-state index is 14.3. The lowest BCUT2D eigenvalue weighted by molar-refractivity contribution is 0.475. The molecule has 3 rings (SSSR count). The molecule has 0 bridgehead atoms. The van der Waals surface area contributed by atoms with Crippen LogP contribution >= 0.6 is 34.5 Å². The summed E-state index contributed by atoms with van der Waals surface area (Å²) in [5, 5.41) is 5.74. The van der Waals surface area contributed by atoms with Gasteiger partial charge in [-0.2, -0.15) is 0 Å². The smallest absolute Gasteiger partial charge is 0.174 e. The van der Waals surface area contributed by atoms with E-state index >= 15 is 0 Å². The summed E-state index contributed by atoms with van der Waals surface area (Å²) in [6.07, 6.45) is 0. The number of rotatable bonds is 8. The van der Waals surface area contributed by atoms with E-state index in [0.29, 0.717) is 9.32 Å². The number of halogens is 3. The van der Waals surface area contributed by atoms with Crippen LogP contribution < -0.4 is 14.8 Å². The predicted octanol–water partition coefficient (Wildman–Crippen LogP) is 7.89. The number of nitrogens with one attached hydrogen (secondary N) is 2. The third-order valence-electron chi connectivity index (χ3n) is 4.16. The molecule has 0 radical (unpaired) electrons. The predicted molar refractivity (Wildman–Crippen MR) is 127 cm³/mol. The van der Waals surface area contributed by atoms with Crippen LogP contribution in [0.1, 0.15) is 12.5 Å². The van der Waals surface area contributed by atoms with Crippen LogP contribution in [0.25, 0.3) is 0 Å². The molecule has 0 atom stereocenters. The van der Waals surface area contributed by atoms with Crippen LogP contribution in [-0.2, 0) is 0 Å². The summed E-state index contributed by atoms with van der Waals surface area (Å²) < 4.78 is 38.3. The highest BCUT2D eigenvalue weighted by molar-refractivity contribution is 14.1. The van der Waals surface area contributed by atoms with Gasteiger partial charge in [0.2, 0.25) is 0 Å². The van der Waals surface area contributed by atoms with Crippen molar-refractivity contribution in [1.82, 2.24) is 0 Å². The van der Waals surface area contributed by atoms with Gasteiger partial charge in [0.1, 0.15) is 17.4 Å². The average Bonchev–Trinajstić information content (AvgIpc) is 2.70. The van der Waals surface area contributed by atoms with Gasteiger partial charge in [-0.15, -0.1) is 4.91 Å². The Morgan fingerprint density at radius 3 is 2.57 bits per heavy atom. The Labute approximate surface area is 190 Å². The first-order valence-corrected chi connectivity index (χ1v) is 11.0. The molecule has 0 heterocycles. The minimum atomic E-state index is -0.653. The second kappa shape index (κ2) is 10.1. The van der Waals surface area contributed by atoms with E-state index in [0.717, 1.165) is 29.1 Å². The SMILES string of the molecule is CCSNc1cccc(Oc2cc(F)cc(Nc3ccc(I)cc3F)c2N=O)c1C. The number of hydrogen-bond acceptors (Lipinski definition) is 6. The Morgan fingerprint density at radius 2 is 1.87 bits per heavy atom. The fourth-order valence-electron chi connectivity index (χ4n) is 2.68. The number of ether oxygens (including phenoxy) is 1. The van der Waals surface area contributed by atoms with Gasteiger partial charge in [0.15, 0.2) is 11.4 Å². The lowest BCUT2D eigenvalue weighted by Gasteiger charge is -2.16. The summed E-state index contributed by atoms with van der Waals surface area (Å²) in [5.74, 6) is 0.0609. The van der Waals surface area contributed by atoms with Crippen molar-refractivity contribution in [2.75, 3.05) is 15.8 Å². The minimum absolute atomic E-state index is 0.00794. The summed E-state index contributed by atoms with van der Waals surface area (Å²) in [6, 6.07) is 12.0. The van der Waals surface area contributed by atoms with Gasteiger partial charge in [-0.3, -0.25) is 0 Å². The molecule has 0 saturated carbocycles. The Balaban J connectivity index is 1.97. The van der Waals surface area contributed by atoms with E-state index in [-0.39, 0.29) is 22.8 Å². The standard InChI is InChI=1S/C21H18F2IN3O2S/c1-3-30-27-16-5-4-6-19(12(16)2)29-20-10-13(22)9-18(21(20)26-28)25-17-8-7-14(24)11-15(17)23/h4-11,25,27H,3H2,1-2H3. The molecule has 5 nitrogen and oxygen atoms in total. The first-order chi connectivity index (χ1) is 14.4. The Morgan fingerprint density at radius 1 is 1.07 bits per heavy atom.